The van der Waals surface area contributed by atoms with Crippen molar-refractivity contribution in [2.45, 2.75) is 37.7 Å². The molecule has 6 heteroatoms. The van der Waals surface area contributed by atoms with Crippen LogP contribution in [0.2, 0.25) is 0 Å². The molecule has 1 unspecified atom stereocenters. The largest absolute Gasteiger partial charge is 0.391 e. The van der Waals surface area contributed by atoms with Crippen LogP contribution in [-0.4, -0.2) is 30.9 Å². The van der Waals surface area contributed by atoms with Gasteiger partial charge in [-0.15, -0.1) is 11.3 Å². The number of hydrogen-bond acceptors (Lipinski definition) is 4. The zero-order valence-electron chi connectivity index (χ0n) is 10.5. The molecule has 18 heavy (non-hydrogen) atoms. The molecule has 2 rings (SSSR count). The summed E-state index contributed by atoms with van der Waals surface area (Å²) in [6.45, 7) is 3.13. The van der Waals surface area contributed by atoms with Crippen molar-refractivity contribution in [3.63, 3.8) is 0 Å². The second-order valence-corrected chi connectivity index (χ2v) is 7.71. The van der Waals surface area contributed by atoms with Crippen LogP contribution in [0.15, 0.2) is 16.3 Å². The van der Waals surface area contributed by atoms with E-state index >= 15 is 0 Å². The van der Waals surface area contributed by atoms with E-state index in [4.69, 9.17) is 0 Å². The summed E-state index contributed by atoms with van der Waals surface area (Å²) < 4.78 is 26.6. The Morgan fingerprint density at radius 2 is 2.22 bits per heavy atom. The molecule has 0 aromatic carbocycles. The Kier molecular flexibility index (Phi) is 4.42. The molecule has 4 nitrogen and oxygen atoms in total. The predicted octanol–water partition coefficient (Wildman–Crippen LogP) is 2.05. The Hall–Kier alpha value is -0.430. The molecule has 1 aliphatic heterocycles. The highest BCUT2D eigenvalue weighted by atomic mass is 32.2. The number of rotatable bonds is 3. The second kappa shape index (κ2) is 5.69. The van der Waals surface area contributed by atoms with Crippen LogP contribution in [0.25, 0.3) is 0 Å². The van der Waals surface area contributed by atoms with Gasteiger partial charge in [0, 0.05) is 18.0 Å². The first-order chi connectivity index (χ1) is 8.55. The summed E-state index contributed by atoms with van der Waals surface area (Å²) in [5.74, 6) is 0.588. The lowest BCUT2D eigenvalue weighted by molar-refractivity contribution is 0.282. The van der Waals surface area contributed by atoms with E-state index in [-0.39, 0.29) is 11.5 Å². The fourth-order valence-corrected chi connectivity index (χ4v) is 5.05. The van der Waals surface area contributed by atoms with Crippen LogP contribution in [-0.2, 0) is 16.6 Å². The maximum atomic E-state index is 12.5. The molecular weight excluding hydrogens is 270 g/mol. The summed E-state index contributed by atoms with van der Waals surface area (Å²) in [5.41, 5.74) is 0. The monoisotopic (exact) mass is 289 g/mol. The van der Waals surface area contributed by atoms with Gasteiger partial charge in [-0.05, 0) is 36.6 Å². The van der Waals surface area contributed by atoms with Crippen molar-refractivity contribution in [1.29, 1.82) is 0 Å². The summed E-state index contributed by atoms with van der Waals surface area (Å²) in [5, 5.41) is 10.9. The number of sulfonamides is 1. The van der Waals surface area contributed by atoms with Gasteiger partial charge in [-0.2, -0.15) is 4.31 Å². The van der Waals surface area contributed by atoms with E-state index in [9.17, 15) is 13.5 Å². The first-order valence-corrected chi connectivity index (χ1v) is 8.55. The lowest BCUT2D eigenvalue weighted by atomic mass is 10.0. The van der Waals surface area contributed by atoms with Gasteiger partial charge in [0.25, 0.3) is 0 Å². The lowest BCUT2D eigenvalue weighted by Crippen LogP contribution is -2.32. The minimum atomic E-state index is -3.42. The summed E-state index contributed by atoms with van der Waals surface area (Å²) in [6, 6.07) is 1.60. The van der Waals surface area contributed by atoms with Crippen LogP contribution in [0.3, 0.4) is 0 Å². The third-order valence-corrected chi connectivity index (χ3v) is 6.46. The molecular formula is C12H19NO3S2. The van der Waals surface area contributed by atoms with Gasteiger partial charge in [-0.25, -0.2) is 8.42 Å². The van der Waals surface area contributed by atoms with E-state index in [0.29, 0.717) is 23.9 Å². The van der Waals surface area contributed by atoms with Crippen LogP contribution >= 0.6 is 11.3 Å². The highest BCUT2D eigenvalue weighted by molar-refractivity contribution is 7.89. The SMILES string of the molecule is CC1CCCN(S(=O)(=O)c2ccsc2CO)CC1. The number of nitrogens with zero attached hydrogens (tertiary/aromatic N) is 1. The molecule has 2 heterocycles. The first-order valence-electron chi connectivity index (χ1n) is 6.23. The quantitative estimate of drug-likeness (QED) is 0.926. The van der Waals surface area contributed by atoms with Gasteiger partial charge in [-0.1, -0.05) is 6.92 Å². The lowest BCUT2D eigenvalue weighted by Gasteiger charge is -2.20. The highest BCUT2D eigenvalue weighted by Crippen LogP contribution is 2.27. The minimum absolute atomic E-state index is 0.212. The Morgan fingerprint density at radius 1 is 1.44 bits per heavy atom. The first kappa shape index (κ1) is 14.0. The number of aliphatic hydroxyl groups excluding tert-OH is 1. The molecule has 1 aliphatic rings. The Labute approximate surface area is 112 Å². The van der Waals surface area contributed by atoms with Gasteiger partial charge >= 0.3 is 0 Å². The predicted molar refractivity (Wildman–Crippen MR) is 72.0 cm³/mol. The van der Waals surface area contributed by atoms with Crippen molar-refractivity contribution in [2.24, 2.45) is 5.92 Å². The summed E-state index contributed by atoms with van der Waals surface area (Å²) in [4.78, 5) is 0.817. The Morgan fingerprint density at radius 3 is 2.94 bits per heavy atom. The van der Waals surface area contributed by atoms with Crippen LogP contribution in [0.4, 0.5) is 0 Å². The van der Waals surface area contributed by atoms with E-state index < -0.39 is 10.0 Å². The van der Waals surface area contributed by atoms with E-state index in [1.165, 1.54) is 11.3 Å². The third kappa shape index (κ3) is 2.77. The van der Waals surface area contributed by atoms with Gasteiger partial charge in [-0.3, -0.25) is 0 Å². The molecule has 0 aliphatic carbocycles. The van der Waals surface area contributed by atoms with Crippen molar-refractivity contribution in [3.8, 4) is 0 Å². The molecule has 1 saturated heterocycles. The Balaban J connectivity index is 2.25. The normalized spacial score (nSPS) is 22.9. The van der Waals surface area contributed by atoms with E-state index in [0.717, 1.165) is 19.3 Å². The van der Waals surface area contributed by atoms with Crippen LogP contribution in [0.1, 0.15) is 31.1 Å². The zero-order valence-corrected chi connectivity index (χ0v) is 12.1. The van der Waals surface area contributed by atoms with Crippen LogP contribution in [0, 0.1) is 5.92 Å². The maximum absolute atomic E-state index is 12.5. The smallest absolute Gasteiger partial charge is 0.244 e. The van der Waals surface area contributed by atoms with E-state index in [1.54, 1.807) is 15.8 Å². The van der Waals surface area contributed by atoms with Gasteiger partial charge in [0.1, 0.15) is 0 Å². The van der Waals surface area contributed by atoms with E-state index in [1.807, 2.05) is 0 Å². The average molecular weight is 289 g/mol. The molecule has 0 spiro atoms. The van der Waals surface area contributed by atoms with Gasteiger partial charge < -0.3 is 5.11 Å². The van der Waals surface area contributed by atoms with Crippen LogP contribution < -0.4 is 0 Å². The molecule has 0 radical (unpaired) electrons. The molecule has 1 aromatic heterocycles. The van der Waals surface area contributed by atoms with Crippen molar-refractivity contribution >= 4 is 21.4 Å². The highest BCUT2D eigenvalue weighted by Gasteiger charge is 2.28. The maximum Gasteiger partial charge on any atom is 0.244 e. The van der Waals surface area contributed by atoms with Crippen molar-refractivity contribution in [2.75, 3.05) is 13.1 Å². The Bertz CT molecular complexity index is 495. The van der Waals surface area contributed by atoms with Gasteiger partial charge in [0.15, 0.2) is 0 Å². The number of hydrogen-bond donors (Lipinski definition) is 1. The molecule has 102 valence electrons. The summed E-state index contributed by atoms with van der Waals surface area (Å²) in [6.07, 6.45) is 2.92. The molecule has 1 N–H and O–H groups in total. The van der Waals surface area contributed by atoms with Crippen molar-refractivity contribution in [3.05, 3.63) is 16.3 Å². The molecule has 1 fully saturated rings. The summed E-state index contributed by atoms with van der Waals surface area (Å²) in [7, 11) is -3.42. The standard InChI is InChI=1S/C12H19NO3S2/c1-10-3-2-6-13(7-4-10)18(15,16)12-5-8-17-11(12)9-14/h5,8,10,14H,2-4,6-7,9H2,1H3. The molecule has 0 saturated carbocycles. The fourth-order valence-electron chi connectivity index (χ4n) is 2.29. The second-order valence-electron chi connectivity index (χ2n) is 4.81. The fraction of sp³-hybridized carbons (Fsp3) is 0.667. The van der Waals surface area contributed by atoms with Crippen molar-refractivity contribution in [1.82, 2.24) is 4.31 Å². The minimum Gasteiger partial charge on any atom is -0.391 e. The molecule has 0 bridgehead atoms. The van der Waals surface area contributed by atoms with Crippen molar-refractivity contribution < 1.29 is 13.5 Å². The zero-order chi connectivity index (χ0) is 13.2. The van der Waals surface area contributed by atoms with Gasteiger partial charge in [0.2, 0.25) is 10.0 Å². The number of thiophene rings is 1. The molecule has 1 atom stereocenters. The number of aliphatic hydroxyl groups is 1. The molecule has 0 amide bonds. The topological polar surface area (TPSA) is 57.6 Å². The summed E-state index contributed by atoms with van der Waals surface area (Å²) >= 11 is 1.29. The van der Waals surface area contributed by atoms with Crippen LogP contribution in [0.5, 0.6) is 0 Å². The molecule has 1 aromatic rings. The van der Waals surface area contributed by atoms with E-state index in [2.05, 4.69) is 6.92 Å². The average Bonchev–Trinajstić information content (AvgIpc) is 2.72. The van der Waals surface area contributed by atoms with Gasteiger partial charge in [0.05, 0.1) is 11.5 Å². The third-order valence-electron chi connectivity index (χ3n) is 3.44.